The minimum atomic E-state index is -0.0745. The first kappa shape index (κ1) is 17.9. The predicted octanol–water partition coefficient (Wildman–Crippen LogP) is 3.46. The van der Waals surface area contributed by atoms with E-state index >= 15 is 0 Å². The molecule has 3 aromatic rings. The highest BCUT2D eigenvalue weighted by Gasteiger charge is 2.16. The van der Waals surface area contributed by atoms with Gasteiger partial charge in [0.15, 0.2) is 0 Å². The van der Waals surface area contributed by atoms with E-state index < -0.39 is 0 Å². The summed E-state index contributed by atoms with van der Waals surface area (Å²) in [5.74, 6) is 1.65. The number of rotatable bonds is 6. The van der Waals surface area contributed by atoms with Crippen LogP contribution in [0.25, 0.3) is 5.69 Å². The number of nitrogens with one attached hydrogen (secondary N) is 1. The van der Waals surface area contributed by atoms with E-state index in [2.05, 4.69) is 10.4 Å². The second-order valence-corrected chi connectivity index (χ2v) is 6.53. The fourth-order valence-corrected chi connectivity index (χ4v) is 2.96. The number of anilines is 1. The molecule has 0 saturated heterocycles. The van der Waals surface area contributed by atoms with E-state index in [0.717, 1.165) is 34.3 Å². The van der Waals surface area contributed by atoms with Crippen LogP contribution in [0.5, 0.6) is 0 Å². The second-order valence-electron chi connectivity index (χ2n) is 6.53. The lowest BCUT2D eigenvalue weighted by Crippen LogP contribution is -2.30. The number of aromatic nitrogens is 2. The van der Waals surface area contributed by atoms with Gasteiger partial charge >= 0.3 is 0 Å². The zero-order valence-electron chi connectivity index (χ0n) is 15.6. The van der Waals surface area contributed by atoms with Crippen LogP contribution in [0.1, 0.15) is 22.9 Å². The Morgan fingerprint density at radius 2 is 1.88 bits per heavy atom. The van der Waals surface area contributed by atoms with Crippen molar-refractivity contribution in [3.63, 3.8) is 0 Å². The lowest BCUT2D eigenvalue weighted by Gasteiger charge is -2.15. The van der Waals surface area contributed by atoms with Gasteiger partial charge in [-0.05, 0) is 52.1 Å². The number of nitrogens with zero attached hydrogens (tertiary/aromatic N) is 3. The molecule has 0 radical (unpaired) electrons. The first-order valence-electron chi connectivity index (χ1n) is 8.59. The van der Waals surface area contributed by atoms with Gasteiger partial charge in [0.25, 0.3) is 0 Å². The Kier molecular flexibility index (Phi) is 5.23. The molecule has 1 N–H and O–H groups in total. The quantitative estimate of drug-likeness (QED) is 0.738. The molecular weight excluding hydrogens is 328 g/mol. The normalized spacial score (nSPS) is 11.1. The molecule has 136 valence electrons. The van der Waals surface area contributed by atoms with Crippen molar-refractivity contribution >= 4 is 11.6 Å². The largest absolute Gasteiger partial charge is 0.465 e. The number of likely N-dealkylation sites (N-methyl/N-ethyl adjacent to an activating group) is 1. The van der Waals surface area contributed by atoms with Gasteiger partial charge in [0.2, 0.25) is 5.91 Å². The zero-order valence-corrected chi connectivity index (χ0v) is 15.6. The Morgan fingerprint density at radius 1 is 1.15 bits per heavy atom. The molecule has 0 spiro atoms. The molecule has 1 aromatic carbocycles. The molecule has 6 heteroatoms. The lowest BCUT2D eigenvalue weighted by atomic mass is 10.3. The van der Waals surface area contributed by atoms with Crippen molar-refractivity contribution in [1.29, 1.82) is 0 Å². The summed E-state index contributed by atoms with van der Waals surface area (Å²) in [4.78, 5) is 14.4. The molecule has 1 amide bonds. The Bertz CT molecular complexity index is 896. The molecule has 0 unspecified atom stereocenters. The van der Waals surface area contributed by atoms with Crippen molar-refractivity contribution < 1.29 is 9.21 Å². The van der Waals surface area contributed by atoms with Gasteiger partial charge in [-0.3, -0.25) is 9.69 Å². The predicted molar refractivity (Wildman–Crippen MR) is 101 cm³/mol. The van der Waals surface area contributed by atoms with Gasteiger partial charge in [0.05, 0.1) is 35.9 Å². The van der Waals surface area contributed by atoms with Gasteiger partial charge in [0, 0.05) is 0 Å². The van der Waals surface area contributed by atoms with E-state index in [0.29, 0.717) is 6.54 Å². The maximum atomic E-state index is 12.4. The molecule has 26 heavy (non-hydrogen) atoms. The van der Waals surface area contributed by atoms with Crippen LogP contribution in [-0.4, -0.2) is 34.2 Å². The summed E-state index contributed by atoms with van der Waals surface area (Å²) in [5.41, 5.74) is 3.44. The number of hydrogen-bond acceptors (Lipinski definition) is 4. The van der Waals surface area contributed by atoms with Gasteiger partial charge in [-0.15, -0.1) is 0 Å². The summed E-state index contributed by atoms with van der Waals surface area (Å²) in [6.45, 7) is 6.62. The number of carbonyl (C=O) groups excluding carboxylic acids is 1. The molecule has 0 bridgehead atoms. The number of benzene rings is 1. The van der Waals surface area contributed by atoms with Crippen LogP contribution in [0.2, 0.25) is 0 Å². The van der Waals surface area contributed by atoms with Crippen molar-refractivity contribution in [3.05, 3.63) is 65.4 Å². The monoisotopic (exact) mass is 352 g/mol. The van der Waals surface area contributed by atoms with E-state index in [1.807, 2.05) is 79.9 Å². The third-order valence-corrected chi connectivity index (χ3v) is 4.19. The van der Waals surface area contributed by atoms with Gasteiger partial charge in [-0.2, -0.15) is 5.10 Å². The molecule has 3 rings (SSSR count). The molecule has 2 heterocycles. The lowest BCUT2D eigenvalue weighted by molar-refractivity contribution is -0.117. The molecule has 0 aliphatic rings. The van der Waals surface area contributed by atoms with Crippen LogP contribution in [-0.2, 0) is 11.3 Å². The summed E-state index contributed by atoms with van der Waals surface area (Å²) in [6.07, 6.45) is 0. The maximum Gasteiger partial charge on any atom is 0.238 e. The number of carbonyl (C=O) groups is 1. The van der Waals surface area contributed by atoms with E-state index in [1.54, 1.807) is 0 Å². The van der Waals surface area contributed by atoms with Gasteiger partial charge in [-0.25, -0.2) is 4.68 Å². The molecule has 0 saturated carbocycles. The van der Waals surface area contributed by atoms with Crippen molar-refractivity contribution in [2.24, 2.45) is 0 Å². The Labute approximate surface area is 153 Å². The third-order valence-electron chi connectivity index (χ3n) is 4.19. The molecule has 0 aliphatic carbocycles. The topological polar surface area (TPSA) is 63.3 Å². The maximum absolute atomic E-state index is 12.4. The molecular formula is C20H24N4O2. The Hall–Kier alpha value is -2.86. The number of amides is 1. The van der Waals surface area contributed by atoms with E-state index in [1.165, 1.54) is 0 Å². The summed E-state index contributed by atoms with van der Waals surface area (Å²) in [5, 5.41) is 7.55. The molecule has 0 atom stereocenters. The fourth-order valence-electron chi connectivity index (χ4n) is 2.96. The highest BCUT2D eigenvalue weighted by molar-refractivity contribution is 5.93. The second kappa shape index (κ2) is 7.58. The van der Waals surface area contributed by atoms with Crippen LogP contribution in [0.4, 0.5) is 5.69 Å². The standard InChI is InChI=1S/C20H24N4O2/c1-14-10-11-18(26-14)12-23(4)13-19(25)21-20-15(2)22-24(16(20)3)17-8-6-5-7-9-17/h5-11H,12-13H2,1-4H3,(H,21,25). The average molecular weight is 352 g/mol. The summed E-state index contributed by atoms with van der Waals surface area (Å²) in [6, 6.07) is 13.7. The third kappa shape index (κ3) is 4.03. The SMILES string of the molecule is Cc1ccc(CN(C)CC(=O)Nc2c(C)nn(-c3ccccc3)c2C)o1. The van der Waals surface area contributed by atoms with Crippen molar-refractivity contribution in [2.75, 3.05) is 18.9 Å². The number of furan rings is 1. The van der Waals surface area contributed by atoms with E-state index in [-0.39, 0.29) is 12.5 Å². The van der Waals surface area contributed by atoms with E-state index in [4.69, 9.17) is 4.42 Å². The summed E-state index contributed by atoms with van der Waals surface area (Å²) in [7, 11) is 1.89. The molecule has 0 aliphatic heterocycles. The van der Waals surface area contributed by atoms with Gasteiger partial charge in [-0.1, -0.05) is 18.2 Å². The van der Waals surface area contributed by atoms with Gasteiger partial charge in [0.1, 0.15) is 11.5 Å². The van der Waals surface area contributed by atoms with Gasteiger partial charge < -0.3 is 9.73 Å². The molecule has 6 nitrogen and oxygen atoms in total. The minimum Gasteiger partial charge on any atom is -0.465 e. The number of aryl methyl sites for hydroxylation is 2. The fraction of sp³-hybridized carbons (Fsp3) is 0.300. The van der Waals surface area contributed by atoms with Crippen LogP contribution >= 0.6 is 0 Å². The van der Waals surface area contributed by atoms with Crippen LogP contribution in [0, 0.1) is 20.8 Å². The average Bonchev–Trinajstić information content (AvgIpc) is 3.13. The molecule has 2 aromatic heterocycles. The van der Waals surface area contributed by atoms with E-state index in [9.17, 15) is 4.79 Å². The van der Waals surface area contributed by atoms with Crippen molar-refractivity contribution in [3.8, 4) is 5.69 Å². The summed E-state index contributed by atoms with van der Waals surface area (Å²) >= 11 is 0. The number of para-hydroxylation sites is 1. The molecule has 0 fully saturated rings. The van der Waals surface area contributed by atoms with Crippen LogP contribution in [0.3, 0.4) is 0 Å². The summed E-state index contributed by atoms with van der Waals surface area (Å²) < 4.78 is 7.41. The Morgan fingerprint density at radius 3 is 2.54 bits per heavy atom. The highest BCUT2D eigenvalue weighted by Crippen LogP contribution is 2.22. The smallest absolute Gasteiger partial charge is 0.238 e. The number of hydrogen-bond donors (Lipinski definition) is 1. The van der Waals surface area contributed by atoms with Crippen LogP contribution in [0.15, 0.2) is 46.9 Å². The zero-order chi connectivity index (χ0) is 18.7. The minimum absolute atomic E-state index is 0.0745. The van der Waals surface area contributed by atoms with Crippen molar-refractivity contribution in [1.82, 2.24) is 14.7 Å². The first-order valence-corrected chi connectivity index (χ1v) is 8.59. The Balaban J connectivity index is 1.67. The van der Waals surface area contributed by atoms with Crippen LogP contribution < -0.4 is 5.32 Å². The highest BCUT2D eigenvalue weighted by atomic mass is 16.3. The first-order chi connectivity index (χ1) is 12.4. The van der Waals surface area contributed by atoms with Crippen molar-refractivity contribution in [2.45, 2.75) is 27.3 Å².